The molecule has 180 valence electrons. The van der Waals surface area contributed by atoms with E-state index in [0.29, 0.717) is 24.7 Å². The molecule has 0 aliphatic rings. The minimum atomic E-state index is -0.297. The molecule has 8 nitrogen and oxygen atoms in total. The molecule has 0 spiro atoms. The fraction of sp³-hybridized carbons (Fsp3) is 0.231. The van der Waals surface area contributed by atoms with E-state index in [1.165, 1.54) is 16.8 Å². The molecular weight excluding hydrogens is 466 g/mol. The number of rotatable bonds is 9. The van der Waals surface area contributed by atoms with Crippen molar-refractivity contribution in [1.82, 2.24) is 24.5 Å². The number of methoxy groups -OCH3 is 1. The molecule has 2 aromatic heterocycles. The number of aromatic nitrogens is 4. The first-order chi connectivity index (χ1) is 17.0. The lowest BCUT2D eigenvalue weighted by atomic mass is 10.1. The van der Waals surface area contributed by atoms with Crippen molar-refractivity contribution >= 4 is 17.5 Å². The molecule has 35 heavy (non-hydrogen) atoms. The van der Waals surface area contributed by atoms with E-state index in [4.69, 9.17) is 21.4 Å². The van der Waals surface area contributed by atoms with Crippen LogP contribution in [0.5, 0.6) is 0 Å². The average Bonchev–Trinajstić information content (AvgIpc) is 3.27. The third-order valence-corrected chi connectivity index (χ3v) is 5.89. The lowest BCUT2D eigenvalue weighted by Gasteiger charge is -2.17. The molecule has 0 atom stereocenters. The maximum absolute atomic E-state index is 13.1. The minimum Gasteiger partial charge on any atom is -0.383 e. The van der Waals surface area contributed by atoms with Gasteiger partial charge in [0.2, 0.25) is 0 Å². The zero-order chi connectivity index (χ0) is 24.8. The van der Waals surface area contributed by atoms with Gasteiger partial charge in [0.15, 0.2) is 0 Å². The van der Waals surface area contributed by atoms with Crippen LogP contribution in [-0.4, -0.2) is 51.1 Å². The molecule has 0 saturated heterocycles. The van der Waals surface area contributed by atoms with Crippen LogP contribution in [0.3, 0.4) is 0 Å². The Hall–Kier alpha value is -3.75. The summed E-state index contributed by atoms with van der Waals surface area (Å²) in [5.41, 5.74) is 3.48. The van der Waals surface area contributed by atoms with Crippen molar-refractivity contribution in [3.8, 4) is 11.3 Å². The van der Waals surface area contributed by atoms with Gasteiger partial charge in [-0.25, -0.2) is 4.68 Å². The Morgan fingerprint density at radius 2 is 1.74 bits per heavy atom. The van der Waals surface area contributed by atoms with Crippen molar-refractivity contribution in [2.24, 2.45) is 0 Å². The smallest absolute Gasteiger partial charge is 0.274 e. The molecule has 4 rings (SSSR count). The number of nitrogens with zero attached hydrogens (tertiary/aromatic N) is 5. The van der Waals surface area contributed by atoms with Crippen LogP contribution in [0, 0.1) is 0 Å². The number of halogens is 1. The van der Waals surface area contributed by atoms with Gasteiger partial charge in [0.05, 0.1) is 25.4 Å². The summed E-state index contributed by atoms with van der Waals surface area (Å²) in [5.74, 6) is -0.297. The van der Waals surface area contributed by atoms with Gasteiger partial charge in [-0.05, 0) is 17.7 Å². The van der Waals surface area contributed by atoms with Crippen molar-refractivity contribution in [2.45, 2.75) is 19.6 Å². The van der Waals surface area contributed by atoms with E-state index in [-0.39, 0.29) is 23.7 Å². The molecule has 0 bridgehead atoms. The highest BCUT2D eigenvalue weighted by atomic mass is 35.5. The maximum Gasteiger partial charge on any atom is 0.274 e. The summed E-state index contributed by atoms with van der Waals surface area (Å²) in [6.07, 6.45) is 1.93. The first-order valence-electron chi connectivity index (χ1n) is 11.1. The van der Waals surface area contributed by atoms with Gasteiger partial charge in [0.25, 0.3) is 11.5 Å². The molecule has 0 N–H and O–H groups in total. The highest BCUT2D eigenvalue weighted by Gasteiger charge is 2.19. The van der Waals surface area contributed by atoms with Crippen LogP contribution in [0.15, 0.2) is 77.7 Å². The number of carbonyl (C=O) groups is 1. The van der Waals surface area contributed by atoms with E-state index < -0.39 is 0 Å². The Labute approximate surface area is 208 Å². The van der Waals surface area contributed by atoms with Crippen LogP contribution in [0.2, 0.25) is 5.02 Å². The predicted octanol–water partition coefficient (Wildman–Crippen LogP) is 3.73. The summed E-state index contributed by atoms with van der Waals surface area (Å²) in [4.78, 5) is 26.8. The SMILES string of the molecule is COCCn1nc(C(=O)N(C)Cc2cn(Cc3ccccc3Cl)nc2-c2ccccc2)ccc1=O. The standard InChI is InChI=1S/C26H26ClN5O3/c1-30(26(34)23-12-13-24(33)32(28-23)14-15-35-2)16-21-18-31(17-20-10-6-7-11-22(20)27)29-25(21)19-8-4-3-5-9-19/h3-13,18H,14-17H2,1-2H3. The molecule has 0 aliphatic heterocycles. The molecule has 0 radical (unpaired) electrons. The second-order valence-electron chi connectivity index (χ2n) is 8.09. The van der Waals surface area contributed by atoms with Gasteiger partial charge in [-0.1, -0.05) is 60.1 Å². The zero-order valence-electron chi connectivity index (χ0n) is 19.6. The highest BCUT2D eigenvalue weighted by Crippen LogP contribution is 2.25. The Bertz CT molecular complexity index is 1370. The van der Waals surface area contributed by atoms with Crippen molar-refractivity contribution < 1.29 is 9.53 Å². The van der Waals surface area contributed by atoms with Gasteiger partial charge < -0.3 is 9.64 Å². The molecule has 2 aromatic carbocycles. The lowest BCUT2D eigenvalue weighted by molar-refractivity contribution is 0.0775. The first-order valence-corrected chi connectivity index (χ1v) is 11.5. The second-order valence-corrected chi connectivity index (χ2v) is 8.50. The monoisotopic (exact) mass is 491 g/mol. The predicted molar refractivity (Wildman–Crippen MR) is 134 cm³/mol. The van der Waals surface area contributed by atoms with Crippen LogP contribution in [0.25, 0.3) is 11.3 Å². The third-order valence-electron chi connectivity index (χ3n) is 5.52. The topological polar surface area (TPSA) is 82.2 Å². The summed E-state index contributed by atoms with van der Waals surface area (Å²) in [6.45, 7) is 1.41. The van der Waals surface area contributed by atoms with Crippen LogP contribution in [0.1, 0.15) is 21.6 Å². The van der Waals surface area contributed by atoms with Gasteiger partial charge in [0, 0.05) is 49.1 Å². The van der Waals surface area contributed by atoms with E-state index >= 15 is 0 Å². The van der Waals surface area contributed by atoms with Crippen LogP contribution in [0.4, 0.5) is 0 Å². The molecule has 0 fully saturated rings. The highest BCUT2D eigenvalue weighted by molar-refractivity contribution is 6.31. The van der Waals surface area contributed by atoms with E-state index in [1.54, 1.807) is 19.1 Å². The van der Waals surface area contributed by atoms with E-state index in [1.807, 2.05) is 65.5 Å². The summed E-state index contributed by atoms with van der Waals surface area (Å²) in [7, 11) is 3.25. The average molecular weight is 492 g/mol. The molecule has 4 aromatic rings. The van der Waals surface area contributed by atoms with Crippen molar-refractivity contribution in [3.63, 3.8) is 0 Å². The van der Waals surface area contributed by atoms with Crippen LogP contribution >= 0.6 is 11.6 Å². The number of amides is 1. The maximum atomic E-state index is 13.1. The Morgan fingerprint density at radius 3 is 2.49 bits per heavy atom. The van der Waals surface area contributed by atoms with Gasteiger partial charge in [-0.15, -0.1) is 0 Å². The van der Waals surface area contributed by atoms with E-state index in [2.05, 4.69) is 5.10 Å². The fourth-order valence-corrected chi connectivity index (χ4v) is 3.92. The summed E-state index contributed by atoms with van der Waals surface area (Å²) >= 11 is 6.35. The van der Waals surface area contributed by atoms with Crippen LogP contribution < -0.4 is 5.56 Å². The lowest BCUT2D eigenvalue weighted by Crippen LogP contribution is -2.31. The van der Waals surface area contributed by atoms with Gasteiger partial charge in [-0.3, -0.25) is 14.3 Å². The fourth-order valence-electron chi connectivity index (χ4n) is 3.72. The van der Waals surface area contributed by atoms with Crippen molar-refractivity contribution in [3.05, 3.63) is 105 Å². The number of benzene rings is 2. The van der Waals surface area contributed by atoms with E-state index in [9.17, 15) is 9.59 Å². The molecular formula is C26H26ClN5O3. The molecule has 1 amide bonds. The summed E-state index contributed by atoms with van der Waals surface area (Å²) in [5, 5.41) is 9.70. The summed E-state index contributed by atoms with van der Waals surface area (Å²) in [6, 6.07) is 20.3. The first kappa shape index (κ1) is 24.4. The molecule has 2 heterocycles. The number of hydrogen-bond acceptors (Lipinski definition) is 5. The Balaban J connectivity index is 1.61. The normalized spacial score (nSPS) is 10.9. The molecule has 0 saturated carbocycles. The van der Waals surface area contributed by atoms with Gasteiger partial charge >= 0.3 is 0 Å². The van der Waals surface area contributed by atoms with Crippen molar-refractivity contribution in [1.29, 1.82) is 0 Å². The molecule has 0 aliphatic carbocycles. The van der Waals surface area contributed by atoms with Gasteiger partial charge in [0.1, 0.15) is 5.69 Å². The third kappa shape index (κ3) is 5.85. The Kier molecular flexibility index (Phi) is 7.74. The molecule has 9 heteroatoms. The van der Waals surface area contributed by atoms with Gasteiger partial charge in [-0.2, -0.15) is 10.2 Å². The number of hydrogen-bond donors (Lipinski definition) is 0. The molecule has 0 unspecified atom stereocenters. The van der Waals surface area contributed by atoms with E-state index in [0.717, 1.165) is 22.4 Å². The quantitative estimate of drug-likeness (QED) is 0.356. The largest absolute Gasteiger partial charge is 0.383 e. The van der Waals surface area contributed by atoms with Crippen molar-refractivity contribution in [2.75, 3.05) is 20.8 Å². The number of ether oxygens (including phenoxy) is 1. The zero-order valence-corrected chi connectivity index (χ0v) is 20.4. The number of carbonyl (C=O) groups excluding carboxylic acids is 1. The second kappa shape index (κ2) is 11.1. The Morgan fingerprint density at radius 1 is 1.00 bits per heavy atom. The summed E-state index contributed by atoms with van der Waals surface area (Å²) < 4.78 is 8.09. The van der Waals surface area contributed by atoms with Crippen LogP contribution in [-0.2, 0) is 24.4 Å². The minimum absolute atomic E-state index is 0.188.